The predicted molar refractivity (Wildman–Crippen MR) is 127 cm³/mol. The van der Waals surface area contributed by atoms with Gasteiger partial charge in [0.25, 0.3) is 0 Å². The number of aromatic nitrogens is 2. The third-order valence-electron chi connectivity index (χ3n) is 5.46. The number of nitrogens with zero attached hydrogens (tertiary/aromatic N) is 4. The van der Waals surface area contributed by atoms with Crippen LogP contribution in [0.4, 0.5) is 0 Å². The summed E-state index contributed by atoms with van der Waals surface area (Å²) in [6.07, 6.45) is 6.11. The van der Waals surface area contributed by atoms with Crippen LogP contribution in [0.3, 0.4) is 0 Å². The van der Waals surface area contributed by atoms with Crippen molar-refractivity contribution in [1.82, 2.24) is 14.5 Å². The molecular weight excluding hydrogens is 418 g/mol. The standard InChI is InChI=1S/C25H29N5O3/c1-4-5-21(23(17-33-27-3)30-13-12-28-25(30)18(2)31)11-10-19-6-8-20(9-7-19)14-29-15-22(16-29)24(26)32/h4-9,12-13,18,22-23,31H,1,3,14-17H2,2H3,(H2,26,32)/b21-5-/t18-,23?/m0/s1. The summed E-state index contributed by atoms with van der Waals surface area (Å²) in [5.41, 5.74) is 8.07. The molecule has 0 bridgehead atoms. The zero-order valence-corrected chi connectivity index (χ0v) is 18.7. The molecule has 172 valence electrons. The first-order valence-corrected chi connectivity index (χ1v) is 10.7. The first-order valence-electron chi connectivity index (χ1n) is 10.7. The third-order valence-corrected chi connectivity index (χ3v) is 5.46. The molecule has 8 heteroatoms. The van der Waals surface area contributed by atoms with Crippen molar-refractivity contribution in [2.24, 2.45) is 16.8 Å². The van der Waals surface area contributed by atoms with Gasteiger partial charge in [-0.05, 0) is 30.7 Å². The summed E-state index contributed by atoms with van der Waals surface area (Å²) in [6, 6.07) is 7.63. The summed E-state index contributed by atoms with van der Waals surface area (Å²) in [5.74, 6) is 6.62. The quantitative estimate of drug-likeness (QED) is 0.251. The molecule has 0 radical (unpaired) electrons. The highest BCUT2D eigenvalue weighted by molar-refractivity contribution is 5.78. The highest BCUT2D eigenvalue weighted by Crippen LogP contribution is 2.24. The SMILES string of the molecule is C=C/C=C(/C#Cc1ccc(CN2CC(C(N)=O)C2)cc1)C(CON=C)n1ccnc1[C@H](C)O. The Kier molecular flexibility index (Phi) is 8.19. The average Bonchev–Trinajstić information content (AvgIpc) is 3.25. The number of hydrogen-bond donors (Lipinski definition) is 2. The van der Waals surface area contributed by atoms with Gasteiger partial charge in [-0.3, -0.25) is 9.69 Å². The molecule has 1 aromatic carbocycles. The molecule has 0 aliphatic carbocycles. The van der Waals surface area contributed by atoms with E-state index in [2.05, 4.69) is 40.2 Å². The molecule has 1 aliphatic rings. The first kappa shape index (κ1) is 24.0. The van der Waals surface area contributed by atoms with Gasteiger partial charge in [-0.2, -0.15) is 0 Å². The van der Waals surface area contributed by atoms with Gasteiger partial charge in [0, 0.05) is 49.9 Å². The zero-order chi connectivity index (χ0) is 23.8. The van der Waals surface area contributed by atoms with Crippen LogP contribution in [0.5, 0.6) is 0 Å². The van der Waals surface area contributed by atoms with Crippen molar-refractivity contribution in [2.75, 3.05) is 19.7 Å². The van der Waals surface area contributed by atoms with Crippen LogP contribution in [0, 0.1) is 17.8 Å². The topological polar surface area (TPSA) is 106 Å². The van der Waals surface area contributed by atoms with E-state index in [9.17, 15) is 9.90 Å². The number of aliphatic hydroxyl groups excluding tert-OH is 1. The summed E-state index contributed by atoms with van der Waals surface area (Å²) in [7, 11) is 0. The highest BCUT2D eigenvalue weighted by atomic mass is 16.6. The summed E-state index contributed by atoms with van der Waals surface area (Å²) in [5, 5.41) is 13.6. The monoisotopic (exact) mass is 447 g/mol. The van der Waals surface area contributed by atoms with Gasteiger partial charge in [0.15, 0.2) is 0 Å². The maximum Gasteiger partial charge on any atom is 0.223 e. The van der Waals surface area contributed by atoms with Gasteiger partial charge in [-0.25, -0.2) is 4.98 Å². The third kappa shape index (κ3) is 6.19. The second-order valence-corrected chi connectivity index (χ2v) is 7.91. The molecule has 1 aromatic heterocycles. The summed E-state index contributed by atoms with van der Waals surface area (Å²) in [4.78, 5) is 22.8. The molecule has 0 saturated carbocycles. The van der Waals surface area contributed by atoms with E-state index in [1.54, 1.807) is 25.4 Å². The Morgan fingerprint density at radius 2 is 2.15 bits per heavy atom. The first-order chi connectivity index (χ1) is 15.9. The Bertz CT molecular complexity index is 1070. The highest BCUT2D eigenvalue weighted by Gasteiger charge is 2.30. The van der Waals surface area contributed by atoms with Gasteiger partial charge in [0.2, 0.25) is 5.91 Å². The molecule has 3 rings (SSSR count). The molecule has 2 atom stereocenters. The van der Waals surface area contributed by atoms with Crippen LogP contribution in [0.15, 0.2) is 66.1 Å². The fraction of sp³-hybridized carbons (Fsp3) is 0.320. The summed E-state index contributed by atoms with van der Waals surface area (Å²) < 4.78 is 1.81. The number of carbonyl (C=O) groups excluding carboxylic acids is 1. The molecule has 2 aromatic rings. The Balaban J connectivity index is 1.76. The van der Waals surface area contributed by atoms with Crippen molar-refractivity contribution in [3.05, 3.63) is 77.9 Å². The van der Waals surface area contributed by atoms with Gasteiger partial charge >= 0.3 is 0 Å². The number of imidazole rings is 1. The van der Waals surface area contributed by atoms with Crippen LogP contribution >= 0.6 is 0 Å². The number of benzene rings is 1. The molecule has 1 saturated heterocycles. The molecule has 1 amide bonds. The van der Waals surface area contributed by atoms with E-state index in [0.717, 1.165) is 23.2 Å². The molecular formula is C25H29N5O3. The van der Waals surface area contributed by atoms with E-state index in [0.29, 0.717) is 18.9 Å². The minimum absolute atomic E-state index is 0.0387. The fourth-order valence-electron chi connectivity index (χ4n) is 3.69. The number of carbonyl (C=O) groups is 1. The van der Waals surface area contributed by atoms with Crippen molar-refractivity contribution in [3.63, 3.8) is 0 Å². The van der Waals surface area contributed by atoms with Gasteiger partial charge < -0.3 is 20.2 Å². The number of nitrogens with two attached hydrogens (primary N) is 1. The molecule has 1 unspecified atom stereocenters. The number of likely N-dealkylation sites (tertiary alicyclic amines) is 1. The normalized spacial score (nSPS) is 16.1. The van der Waals surface area contributed by atoms with E-state index in [4.69, 9.17) is 10.6 Å². The van der Waals surface area contributed by atoms with E-state index >= 15 is 0 Å². The van der Waals surface area contributed by atoms with Crippen molar-refractivity contribution >= 4 is 12.6 Å². The van der Waals surface area contributed by atoms with E-state index in [1.165, 1.54) is 0 Å². The minimum Gasteiger partial charge on any atom is -0.394 e. The number of primary amides is 1. The lowest BCUT2D eigenvalue weighted by atomic mass is 9.98. The average molecular weight is 448 g/mol. The smallest absolute Gasteiger partial charge is 0.223 e. The van der Waals surface area contributed by atoms with Crippen LogP contribution in [0.25, 0.3) is 0 Å². The van der Waals surface area contributed by atoms with Gasteiger partial charge in [0.1, 0.15) is 24.6 Å². The molecule has 33 heavy (non-hydrogen) atoms. The van der Waals surface area contributed by atoms with E-state index in [-0.39, 0.29) is 24.5 Å². The number of rotatable bonds is 10. The van der Waals surface area contributed by atoms with Crippen molar-refractivity contribution in [1.29, 1.82) is 0 Å². The van der Waals surface area contributed by atoms with E-state index < -0.39 is 6.10 Å². The molecule has 3 N–H and O–H groups in total. The van der Waals surface area contributed by atoms with Crippen molar-refractivity contribution < 1.29 is 14.7 Å². The van der Waals surface area contributed by atoms with Gasteiger partial charge in [-0.1, -0.05) is 36.6 Å². The van der Waals surface area contributed by atoms with Crippen LogP contribution in [-0.4, -0.2) is 51.9 Å². The molecule has 1 fully saturated rings. The Hall–Kier alpha value is -3.67. The number of hydrogen-bond acceptors (Lipinski definition) is 6. The maximum absolute atomic E-state index is 11.2. The zero-order valence-electron chi connectivity index (χ0n) is 18.7. The lowest BCUT2D eigenvalue weighted by molar-refractivity contribution is -0.127. The summed E-state index contributed by atoms with van der Waals surface area (Å²) in [6.45, 7) is 11.2. The number of aliphatic hydroxyl groups is 1. The second-order valence-electron chi connectivity index (χ2n) is 7.91. The molecule has 1 aliphatic heterocycles. The summed E-state index contributed by atoms with van der Waals surface area (Å²) >= 11 is 0. The van der Waals surface area contributed by atoms with Crippen LogP contribution in [0.1, 0.15) is 36.0 Å². The van der Waals surface area contributed by atoms with Gasteiger partial charge in [-0.15, -0.1) is 5.16 Å². The molecule has 8 nitrogen and oxygen atoms in total. The van der Waals surface area contributed by atoms with Gasteiger partial charge in [0.05, 0.1) is 5.92 Å². The lowest BCUT2D eigenvalue weighted by Crippen LogP contribution is -2.51. The largest absolute Gasteiger partial charge is 0.394 e. The lowest BCUT2D eigenvalue weighted by Gasteiger charge is -2.37. The number of amides is 1. The molecule has 2 heterocycles. The van der Waals surface area contributed by atoms with Crippen molar-refractivity contribution in [2.45, 2.75) is 25.6 Å². The Morgan fingerprint density at radius 1 is 1.42 bits per heavy atom. The Labute approximate surface area is 194 Å². The Morgan fingerprint density at radius 3 is 2.76 bits per heavy atom. The van der Waals surface area contributed by atoms with Crippen LogP contribution in [-0.2, 0) is 16.2 Å². The van der Waals surface area contributed by atoms with Crippen LogP contribution in [0.2, 0.25) is 0 Å². The van der Waals surface area contributed by atoms with E-state index in [1.807, 2.05) is 34.9 Å². The van der Waals surface area contributed by atoms with Crippen molar-refractivity contribution in [3.8, 4) is 11.8 Å². The minimum atomic E-state index is -0.755. The predicted octanol–water partition coefficient (Wildman–Crippen LogP) is 2.19. The molecule has 0 spiro atoms. The maximum atomic E-state index is 11.2. The van der Waals surface area contributed by atoms with Crippen LogP contribution < -0.4 is 5.73 Å². The fourth-order valence-corrected chi connectivity index (χ4v) is 3.69. The second kappa shape index (κ2) is 11.3. The number of oxime groups is 1. The number of allylic oxidation sites excluding steroid dienone is 2.